The van der Waals surface area contributed by atoms with Gasteiger partial charge in [0.25, 0.3) is 0 Å². The van der Waals surface area contributed by atoms with Crippen LogP contribution in [0.5, 0.6) is 0 Å². The second-order valence-electron chi connectivity index (χ2n) is 4.69. The van der Waals surface area contributed by atoms with Gasteiger partial charge in [0.1, 0.15) is 17.4 Å². The van der Waals surface area contributed by atoms with Crippen molar-refractivity contribution >= 4 is 22.4 Å². The summed E-state index contributed by atoms with van der Waals surface area (Å²) in [5.74, 6) is 0.984. The van der Waals surface area contributed by atoms with Gasteiger partial charge < -0.3 is 19.7 Å². The highest BCUT2D eigenvalue weighted by molar-refractivity contribution is 6.23. The minimum atomic E-state index is 0.171. The third-order valence-corrected chi connectivity index (χ3v) is 3.37. The van der Waals surface area contributed by atoms with Crippen molar-refractivity contribution in [3.05, 3.63) is 35.8 Å². The Balaban J connectivity index is 1.93. The van der Waals surface area contributed by atoms with Gasteiger partial charge in [0.2, 0.25) is 0 Å². The third kappa shape index (κ3) is 2.04. The highest BCUT2D eigenvalue weighted by Gasteiger charge is 2.29. The zero-order valence-electron chi connectivity index (χ0n) is 11.2. The molecular formula is C14H16N4O2. The minimum absolute atomic E-state index is 0.171. The number of para-hydroxylation sites is 2. The molecule has 0 radical (unpaired) electrons. The molecule has 0 fully saturated rings. The summed E-state index contributed by atoms with van der Waals surface area (Å²) in [5, 5.41) is 18.3. The number of hydrogen-bond donors (Lipinski definition) is 3. The fourth-order valence-corrected chi connectivity index (χ4v) is 2.35. The Hall–Kier alpha value is -2.34. The van der Waals surface area contributed by atoms with E-state index in [2.05, 4.69) is 9.97 Å². The number of amidine groups is 1. The lowest BCUT2D eigenvalue weighted by Crippen LogP contribution is -2.30. The fraction of sp³-hybridized carbons (Fsp3) is 0.286. The lowest BCUT2D eigenvalue weighted by atomic mass is 10.2. The first kappa shape index (κ1) is 12.7. The molecule has 2 heterocycles. The van der Waals surface area contributed by atoms with Gasteiger partial charge in [-0.05, 0) is 12.1 Å². The molecule has 0 bridgehead atoms. The molecule has 1 aliphatic heterocycles. The number of methoxy groups -OCH3 is 1. The number of imidazole rings is 1. The largest absolute Gasteiger partial charge is 0.510 e. The molecular weight excluding hydrogens is 256 g/mol. The Bertz CT molecular complexity index is 656. The van der Waals surface area contributed by atoms with Crippen LogP contribution in [-0.2, 0) is 4.74 Å². The molecule has 1 aromatic carbocycles. The van der Waals surface area contributed by atoms with E-state index in [1.165, 1.54) is 0 Å². The molecule has 6 heteroatoms. The highest BCUT2D eigenvalue weighted by Crippen LogP contribution is 2.26. The number of nitrogens with one attached hydrogen (secondary N) is 2. The van der Waals surface area contributed by atoms with Crippen LogP contribution in [0.2, 0.25) is 0 Å². The molecule has 3 rings (SSSR count). The van der Waals surface area contributed by atoms with Gasteiger partial charge in [-0.1, -0.05) is 12.1 Å². The van der Waals surface area contributed by atoms with E-state index in [4.69, 9.17) is 10.1 Å². The van der Waals surface area contributed by atoms with Gasteiger partial charge in [0, 0.05) is 13.7 Å². The summed E-state index contributed by atoms with van der Waals surface area (Å²) in [5.41, 5.74) is 2.19. The lowest BCUT2D eigenvalue weighted by Gasteiger charge is -2.17. The molecule has 0 amide bonds. The fourth-order valence-electron chi connectivity index (χ4n) is 2.35. The van der Waals surface area contributed by atoms with E-state index in [1.807, 2.05) is 24.3 Å². The molecule has 0 saturated heterocycles. The molecule has 104 valence electrons. The van der Waals surface area contributed by atoms with Crippen LogP contribution in [0, 0.1) is 5.41 Å². The number of aliphatic hydroxyl groups excluding tert-OH is 1. The number of aromatic nitrogens is 2. The lowest BCUT2D eigenvalue weighted by molar-refractivity contribution is 0.177. The number of ether oxygens (including phenoxy) is 1. The molecule has 1 aromatic heterocycles. The molecule has 0 atom stereocenters. The molecule has 0 saturated carbocycles. The number of aromatic amines is 1. The predicted octanol–water partition coefficient (Wildman–Crippen LogP) is 1.77. The average molecular weight is 272 g/mol. The number of nitrogens with zero attached hydrogens (tertiary/aromatic N) is 2. The van der Waals surface area contributed by atoms with Crippen LogP contribution in [0.1, 0.15) is 5.82 Å². The van der Waals surface area contributed by atoms with E-state index >= 15 is 0 Å². The van der Waals surface area contributed by atoms with Crippen LogP contribution in [-0.4, -0.2) is 52.6 Å². The Morgan fingerprint density at radius 2 is 2.25 bits per heavy atom. The van der Waals surface area contributed by atoms with Crippen molar-refractivity contribution in [3.8, 4) is 0 Å². The van der Waals surface area contributed by atoms with Gasteiger partial charge in [-0.2, -0.15) is 0 Å². The van der Waals surface area contributed by atoms with E-state index in [9.17, 15) is 5.11 Å². The van der Waals surface area contributed by atoms with Crippen molar-refractivity contribution in [2.24, 2.45) is 0 Å². The van der Waals surface area contributed by atoms with Crippen LogP contribution < -0.4 is 0 Å². The van der Waals surface area contributed by atoms with Gasteiger partial charge in [0.05, 0.1) is 29.8 Å². The zero-order chi connectivity index (χ0) is 14.1. The molecule has 3 N–H and O–H groups in total. The average Bonchev–Trinajstić information content (AvgIpc) is 2.97. The SMILES string of the molecule is COCCN1CC(O)=C(c2nc3ccccc3[nH]2)C1=N. The normalized spacial score (nSPS) is 15.7. The maximum Gasteiger partial charge on any atom is 0.145 e. The zero-order valence-corrected chi connectivity index (χ0v) is 11.2. The number of H-pyrrole nitrogens is 1. The number of benzene rings is 1. The molecule has 0 spiro atoms. The van der Waals surface area contributed by atoms with Crippen molar-refractivity contribution in [2.75, 3.05) is 26.8 Å². The predicted molar refractivity (Wildman–Crippen MR) is 76.8 cm³/mol. The van der Waals surface area contributed by atoms with E-state index in [0.717, 1.165) is 11.0 Å². The summed E-state index contributed by atoms with van der Waals surface area (Å²) in [7, 11) is 1.62. The summed E-state index contributed by atoms with van der Waals surface area (Å²) in [6.45, 7) is 1.42. The quantitative estimate of drug-likeness (QED) is 0.792. The number of hydrogen-bond acceptors (Lipinski definition) is 4. The molecule has 1 aliphatic rings. The first-order chi connectivity index (χ1) is 9.70. The topological polar surface area (TPSA) is 85.2 Å². The van der Waals surface area contributed by atoms with Crippen molar-refractivity contribution < 1.29 is 9.84 Å². The van der Waals surface area contributed by atoms with Crippen molar-refractivity contribution in [1.82, 2.24) is 14.9 Å². The molecule has 0 aliphatic carbocycles. The van der Waals surface area contributed by atoms with E-state index < -0.39 is 0 Å². The van der Waals surface area contributed by atoms with Crippen LogP contribution in [0.4, 0.5) is 0 Å². The number of fused-ring (bicyclic) bond motifs is 1. The molecule has 6 nitrogen and oxygen atoms in total. The first-order valence-electron chi connectivity index (χ1n) is 6.40. The van der Waals surface area contributed by atoms with Crippen LogP contribution in [0.15, 0.2) is 30.0 Å². The maximum atomic E-state index is 10.1. The van der Waals surface area contributed by atoms with Gasteiger partial charge >= 0.3 is 0 Å². The summed E-state index contributed by atoms with van der Waals surface area (Å²) in [6.07, 6.45) is 0. The minimum Gasteiger partial charge on any atom is -0.510 e. The van der Waals surface area contributed by atoms with Crippen molar-refractivity contribution in [3.63, 3.8) is 0 Å². The third-order valence-electron chi connectivity index (χ3n) is 3.37. The second-order valence-corrected chi connectivity index (χ2v) is 4.69. The van der Waals surface area contributed by atoms with E-state index in [0.29, 0.717) is 31.1 Å². The molecule has 0 unspecified atom stereocenters. The van der Waals surface area contributed by atoms with Crippen LogP contribution in [0.3, 0.4) is 0 Å². The Morgan fingerprint density at radius 3 is 3.00 bits per heavy atom. The van der Waals surface area contributed by atoms with Gasteiger partial charge in [-0.15, -0.1) is 0 Å². The number of rotatable bonds is 4. The molecule has 20 heavy (non-hydrogen) atoms. The standard InChI is InChI=1S/C14H16N4O2/c1-20-7-6-18-8-11(19)12(13(18)15)14-16-9-4-2-3-5-10(9)17-14/h2-5,15,19H,6-8H2,1H3,(H,16,17). The monoisotopic (exact) mass is 272 g/mol. The molecule has 2 aromatic rings. The van der Waals surface area contributed by atoms with Gasteiger partial charge in [0.15, 0.2) is 0 Å². The Kier molecular flexibility index (Phi) is 3.15. The smallest absolute Gasteiger partial charge is 0.145 e. The van der Waals surface area contributed by atoms with Crippen molar-refractivity contribution in [2.45, 2.75) is 0 Å². The Morgan fingerprint density at radius 1 is 1.45 bits per heavy atom. The summed E-state index contributed by atoms with van der Waals surface area (Å²) in [6, 6.07) is 7.65. The van der Waals surface area contributed by atoms with Gasteiger partial charge in [-0.3, -0.25) is 5.41 Å². The maximum absolute atomic E-state index is 10.1. The number of aliphatic hydroxyl groups is 1. The van der Waals surface area contributed by atoms with Gasteiger partial charge in [-0.25, -0.2) is 4.98 Å². The summed E-state index contributed by atoms with van der Waals surface area (Å²) < 4.78 is 5.01. The van der Waals surface area contributed by atoms with Crippen molar-refractivity contribution in [1.29, 1.82) is 5.41 Å². The van der Waals surface area contributed by atoms with Crippen LogP contribution in [0.25, 0.3) is 16.6 Å². The second kappa shape index (κ2) is 4.97. The van der Waals surface area contributed by atoms with Crippen LogP contribution >= 0.6 is 0 Å². The first-order valence-corrected chi connectivity index (χ1v) is 6.40. The summed E-state index contributed by atoms with van der Waals surface area (Å²) >= 11 is 0. The Labute approximate surface area is 116 Å². The highest BCUT2D eigenvalue weighted by atomic mass is 16.5. The van der Waals surface area contributed by atoms with E-state index in [1.54, 1.807) is 12.0 Å². The summed E-state index contributed by atoms with van der Waals surface area (Å²) in [4.78, 5) is 9.35. The van der Waals surface area contributed by atoms with E-state index in [-0.39, 0.29) is 11.6 Å².